The minimum atomic E-state index is -0.185. The van der Waals surface area contributed by atoms with Gasteiger partial charge in [-0.25, -0.2) is 0 Å². The number of methoxy groups -OCH3 is 1. The van der Waals surface area contributed by atoms with E-state index in [1.807, 2.05) is 37.3 Å². The van der Waals surface area contributed by atoms with Crippen molar-refractivity contribution in [3.05, 3.63) is 64.2 Å². The number of amides is 2. The third-order valence-corrected chi connectivity index (χ3v) is 5.09. The topological polar surface area (TPSA) is 58.6 Å². The second-order valence-corrected chi connectivity index (χ2v) is 7.16. The summed E-state index contributed by atoms with van der Waals surface area (Å²) < 4.78 is 5.27. The maximum Gasteiger partial charge on any atom is 0.251 e. The molecule has 0 aliphatic carbocycles. The highest BCUT2D eigenvalue weighted by molar-refractivity contribution is 6.30. The summed E-state index contributed by atoms with van der Waals surface area (Å²) in [5.74, 6) is 0.555. The van der Waals surface area contributed by atoms with Gasteiger partial charge < -0.3 is 15.0 Å². The molecule has 0 saturated carbocycles. The zero-order chi connectivity index (χ0) is 19.4. The second kappa shape index (κ2) is 8.44. The van der Waals surface area contributed by atoms with E-state index in [-0.39, 0.29) is 17.9 Å². The van der Waals surface area contributed by atoms with Crippen LogP contribution in [0.3, 0.4) is 0 Å². The average molecular weight is 387 g/mol. The third-order valence-electron chi connectivity index (χ3n) is 4.86. The predicted octanol–water partition coefficient (Wildman–Crippen LogP) is 3.23. The van der Waals surface area contributed by atoms with E-state index in [2.05, 4.69) is 5.32 Å². The normalized spacial score (nSPS) is 16.5. The Balaban J connectivity index is 1.58. The van der Waals surface area contributed by atoms with Gasteiger partial charge in [-0.1, -0.05) is 29.8 Å². The minimum Gasteiger partial charge on any atom is -0.496 e. The monoisotopic (exact) mass is 386 g/mol. The Hall–Kier alpha value is -2.53. The Morgan fingerprint density at radius 1 is 1.30 bits per heavy atom. The summed E-state index contributed by atoms with van der Waals surface area (Å²) in [4.78, 5) is 26.7. The SMILES string of the molecule is COc1cccc(C(=O)N[C@H]2CC(=O)N(CCc3cccc(Cl)c3)C2)c1C. The van der Waals surface area contributed by atoms with Crippen molar-refractivity contribution in [2.75, 3.05) is 20.2 Å². The van der Waals surface area contributed by atoms with E-state index in [9.17, 15) is 9.59 Å². The molecule has 1 N–H and O–H groups in total. The fraction of sp³-hybridized carbons (Fsp3) is 0.333. The van der Waals surface area contributed by atoms with Crippen molar-refractivity contribution >= 4 is 23.4 Å². The zero-order valence-electron chi connectivity index (χ0n) is 15.5. The Morgan fingerprint density at radius 2 is 2.07 bits per heavy atom. The number of halogens is 1. The molecule has 0 aromatic heterocycles. The number of nitrogens with zero attached hydrogens (tertiary/aromatic N) is 1. The van der Waals surface area contributed by atoms with Crippen LogP contribution in [0.25, 0.3) is 0 Å². The number of hydrogen-bond acceptors (Lipinski definition) is 3. The fourth-order valence-electron chi connectivity index (χ4n) is 3.39. The molecule has 2 aromatic carbocycles. The van der Waals surface area contributed by atoms with Crippen LogP contribution < -0.4 is 10.1 Å². The maximum atomic E-state index is 12.6. The number of ether oxygens (including phenoxy) is 1. The van der Waals surface area contributed by atoms with Crippen LogP contribution >= 0.6 is 11.6 Å². The Labute approximate surface area is 164 Å². The molecule has 0 radical (unpaired) electrons. The first-order chi connectivity index (χ1) is 13.0. The van der Waals surface area contributed by atoms with Crippen molar-refractivity contribution < 1.29 is 14.3 Å². The molecule has 1 fully saturated rings. The lowest BCUT2D eigenvalue weighted by Crippen LogP contribution is -2.37. The molecular formula is C21H23ClN2O3. The van der Waals surface area contributed by atoms with Gasteiger partial charge in [-0.15, -0.1) is 0 Å². The van der Waals surface area contributed by atoms with Crippen molar-refractivity contribution in [1.82, 2.24) is 10.2 Å². The Bertz CT molecular complexity index is 853. The smallest absolute Gasteiger partial charge is 0.251 e. The van der Waals surface area contributed by atoms with Gasteiger partial charge in [0.25, 0.3) is 5.91 Å². The van der Waals surface area contributed by atoms with E-state index in [0.29, 0.717) is 35.8 Å². The van der Waals surface area contributed by atoms with Crippen LogP contribution in [0.1, 0.15) is 27.9 Å². The van der Waals surface area contributed by atoms with E-state index >= 15 is 0 Å². The zero-order valence-corrected chi connectivity index (χ0v) is 16.3. The lowest BCUT2D eigenvalue weighted by atomic mass is 10.1. The number of rotatable bonds is 6. The van der Waals surface area contributed by atoms with Crippen LogP contribution in [0.5, 0.6) is 5.75 Å². The van der Waals surface area contributed by atoms with Crippen LogP contribution in [0.4, 0.5) is 0 Å². The van der Waals surface area contributed by atoms with E-state index in [0.717, 1.165) is 17.5 Å². The molecule has 27 heavy (non-hydrogen) atoms. The van der Waals surface area contributed by atoms with Gasteiger partial charge in [0, 0.05) is 35.7 Å². The molecule has 2 aromatic rings. The van der Waals surface area contributed by atoms with Gasteiger partial charge in [0.2, 0.25) is 5.91 Å². The fourth-order valence-corrected chi connectivity index (χ4v) is 3.60. The highest BCUT2D eigenvalue weighted by atomic mass is 35.5. The molecule has 1 heterocycles. The van der Waals surface area contributed by atoms with E-state index < -0.39 is 0 Å². The summed E-state index contributed by atoms with van der Waals surface area (Å²) in [6.07, 6.45) is 1.06. The summed E-state index contributed by atoms with van der Waals surface area (Å²) in [5, 5.41) is 3.67. The molecule has 0 bridgehead atoms. The quantitative estimate of drug-likeness (QED) is 0.829. The Morgan fingerprint density at radius 3 is 2.81 bits per heavy atom. The molecule has 1 atom stereocenters. The highest BCUT2D eigenvalue weighted by Gasteiger charge is 2.30. The second-order valence-electron chi connectivity index (χ2n) is 6.73. The van der Waals surface area contributed by atoms with E-state index in [4.69, 9.17) is 16.3 Å². The largest absolute Gasteiger partial charge is 0.496 e. The summed E-state index contributed by atoms with van der Waals surface area (Å²) in [6.45, 7) is 2.99. The van der Waals surface area contributed by atoms with Crippen molar-refractivity contribution in [3.8, 4) is 5.75 Å². The summed E-state index contributed by atoms with van der Waals surface area (Å²) in [5.41, 5.74) is 2.45. The molecule has 1 aliphatic heterocycles. The number of hydrogen-bond donors (Lipinski definition) is 1. The van der Waals surface area contributed by atoms with Crippen molar-refractivity contribution in [2.45, 2.75) is 25.8 Å². The van der Waals surface area contributed by atoms with Crippen molar-refractivity contribution in [1.29, 1.82) is 0 Å². The third kappa shape index (κ3) is 4.61. The summed E-state index contributed by atoms with van der Waals surface area (Å²) >= 11 is 6.00. The molecule has 2 amide bonds. The summed E-state index contributed by atoms with van der Waals surface area (Å²) in [7, 11) is 1.58. The molecule has 1 saturated heterocycles. The molecule has 6 heteroatoms. The Kier molecular flexibility index (Phi) is 6.01. The van der Waals surface area contributed by atoms with Gasteiger partial charge in [0.15, 0.2) is 0 Å². The van der Waals surface area contributed by atoms with E-state index in [1.54, 1.807) is 24.1 Å². The van der Waals surface area contributed by atoms with Gasteiger partial charge in [-0.3, -0.25) is 9.59 Å². The molecule has 142 valence electrons. The number of carbonyl (C=O) groups is 2. The van der Waals surface area contributed by atoms with Gasteiger partial charge in [-0.2, -0.15) is 0 Å². The van der Waals surface area contributed by atoms with E-state index in [1.165, 1.54) is 0 Å². The van der Waals surface area contributed by atoms with Crippen LogP contribution in [-0.4, -0.2) is 43.0 Å². The molecule has 3 rings (SSSR count). The lowest BCUT2D eigenvalue weighted by Gasteiger charge is -2.18. The van der Waals surface area contributed by atoms with Crippen LogP contribution in [0, 0.1) is 6.92 Å². The highest BCUT2D eigenvalue weighted by Crippen LogP contribution is 2.21. The van der Waals surface area contributed by atoms with Crippen LogP contribution in [-0.2, 0) is 11.2 Å². The molecule has 1 aliphatic rings. The van der Waals surface area contributed by atoms with Gasteiger partial charge in [0.05, 0.1) is 13.2 Å². The molecule has 5 nitrogen and oxygen atoms in total. The van der Waals surface area contributed by atoms with Crippen LogP contribution in [0.2, 0.25) is 5.02 Å². The maximum absolute atomic E-state index is 12.6. The standard InChI is InChI=1S/C21H23ClN2O3/c1-14-18(7-4-8-19(14)27-2)21(26)23-17-12-20(25)24(13-17)10-9-15-5-3-6-16(22)11-15/h3-8,11,17H,9-10,12-13H2,1-2H3,(H,23,26)/t17-/m0/s1. The van der Waals surface area contributed by atoms with Crippen molar-refractivity contribution in [3.63, 3.8) is 0 Å². The van der Waals surface area contributed by atoms with Crippen molar-refractivity contribution in [2.24, 2.45) is 0 Å². The number of benzene rings is 2. The first kappa shape index (κ1) is 19.2. The molecule has 0 spiro atoms. The lowest BCUT2D eigenvalue weighted by molar-refractivity contribution is -0.127. The first-order valence-electron chi connectivity index (χ1n) is 8.94. The minimum absolute atomic E-state index is 0.0599. The summed E-state index contributed by atoms with van der Waals surface area (Å²) in [6, 6.07) is 12.8. The molecular weight excluding hydrogens is 364 g/mol. The first-order valence-corrected chi connectivity index (χ1v) is 9.32. The van der Waals surface area contributed by atoms with Gasteiger partial charge >= 0.3 is 0 Å². The number of likely N-dealkylation sites (tertiary alicyclic amines) is 1. The predicted molar refractivity (Wildman–Crippen MR) is 105 cm³/mol. The van der Waals surface area contributed by atoms with Gasteiger partial charge in [-0.05, 0) is 43.2 Å². The number of carbonyl (C=O) groups excluding carboxylic acids is 2. The molecule has 0 unspecified atom stereocenters. The average Bonchev–Trinajstić information content (AvgIpc) is 2.99. The van der Waals surface area contributed by atoms with Gasteiger partial charge in [0.1, 0.15) is 5.75 Å². The van der Waals surface area contributed by atoms with Crippen LogP contribution in [0.15, 0.2) is 42.5 Å². The number of nitrogens with one attached hydrogen (secondary N) is 1.